The summed E-state index contributed by atoms with van der Waals surface area (Å²) in [4.78, 5) is 34.3. The Morgan fingerprint density at radius 2 is 2.19 bits per heavy atom. The van der Waals surface area contributed by atoms with Gasteiger partial charge in [0.2, 0.25) is 11.8 Å². The number of anilines is 1. The second-order valence-electron chi connectivity index (χ2n) is 4.14. The molecule has 1 atom stereocenters. The fourth-order valence-electron chi connectivity index (χ4n) is 1.67. The number of nitrogens with one attached hydrogen (secondary N) is 2. The minimum Gasteiger partial charge on any atom is -0.478 e. The van der Waals surface area contributed by atoms with Gasteiger partial charge < -0.3 is 15.7 Å². The molecule has 0 spiro atoms. The van der Waals surface area contributed by atoms with Gasteiger partial charge in [0.25, 0.3) is 0 Å². The summed E-state index contributed by atoms with van der Waals surface area (Å²) in [6.07, 6.45) is -0.0539. The third-order valence-electron chi connectivity index (χ3n) is 2.62. The second-order valence-corrected chi connectivity index (χ2v) is 6.42. The molecule has 6 nitrogen and oxygen atoms in total. The Labute approximate surface area is 134 Å². The van der Waals surface area contributed by atoms with E-state index in [9.17, 15) is 14.4 Å². The Bertz CT molecular complexity index is 650. The number of aromatic carboxylic acids is 1. The molecule has 1 heterocycles. The van der Waals surface area contributed by atoms with Gasteiger partial charge in [-0.1, -0.05) is 35.6 Å². The summed E-state index contributed by atoms with van der Waals surface area (Å²) >= 11 is 11.7. The molecule has 1 aromatic carbocycles. The Morgan fingerprint density at radius 1 is 1.48 bits per heavy atom. The number of benzene rings is 1. The summed E-state index contributed by atoms with van der Waals surface area (Å²) in [6.45, 7) is 0. The van der Waals surface area contributed by atoms with Crippen molar-refractivity contribution < 1.29 is 19.5 Å². The number of hydrogen-bond donors (Lipinski definition) is 3. The van der Waals surface area contributed by atoms with E-state index in [-0.39, 0.29) is 22.9 Å². The van der Waals surface area contributed by atoms with Gasteiger partial charge in [-0.2, -0.15) is 0 Å². The average molecular weight is 345 g/mol. The van der Waals surface area contributed by atoms with E-state index in [1.807, 2.05) is 0 Å². The smallest absolute Gasteiger partial charge is 0.337 e. The number of carboxylic acid groups (broad SMARTS) is 1. The van der Waals surface area contributed by atoms with Crippen LogP contribution in [0.3, 0.4) is 0 Å². The van der Waals surface area contributed by atoms with Gasteiger partial charge in [0.15, 0.2) is 0 Å². The number of rotatable bonds is 4. The van der Waals surface area contributed by atoms with Crippen LogP contribution in [-0.2, 0) is 9.59 Å². The molecule has 0 aromatic heterocycles. The van der Waals surface area contributed by atoms with E-state index in [4.69, 9.17) is 28.9 Å². The lowest BCUT2D eigenvalue weighted by molar-refractivity contribution is -0.122. The van der Waals surface area contributed by atoms with Crippen LogP contribution in [0.4, 0.5) is 5.69 Å². The van der Waals surface area contributed by atoms with Crippen molar-refractivity contribution in [1.82, 2.24) is 5.32 Å². The van der Waals surface area contributed by atoms with E-state index in [1.54, 1.807) is 0 Å². The lowest BCUT2D eigenvalue weighted by atomic mass is 10.2. The van der Waals surface area contributed by atoms with Crippen LogP contribution in [0.25, 0.3) is 0 Å². The Balaban J connectivity index is 2.03. The molecule has 1 aromatic rings. The maximum absolute atomic E-state index is 11.9. The Morgan fingerprint density at radius 3 is 2.76 bits per heavy atom. The fourth-order valence-corrected chi connectivity index (χ4v) is 3.14. The number of amides is 2. The molecule has 9 heteroatoms. The molecule has 21 heavy (non-hydrogen) atoms. The number of carbonyl (C=O) groups excluding carboxylic acids is 2. The topological polar surface area (TPSA) is 95.5 Å². The van der Waals surface area contributed by atoms with E-state index >= 15 is 0 Å². The van der Waals surface area contributed by atoms with Crippen molar-refractivity contribution in [2.75, 3.05) is 5.32 Å². The first kappa shape index (κ1) is 15.7. The highest BCUT2D eigenvalue weighted by Crippen LogP contribution is 2.24. The summed E-state index contributed by atoms with van der Waals surface area (Å²) in [5, 5.41) is 13.4. The molecular formula is C12H9ClN2O4S2. The summed E-state index contributed by atoms with van der Waals surface area (Å²) in [7, 11) is 0. The average Bonchev–Trinajstić information content (AvgIpc) is 2.69. The molecule has 2 rings (SSSR count). The molecule has 1 fully saturated rings. The molecule has 0 bridgehead atoms. The van der Waals surface area contributed by atoms with Crippen molar-refractivity contribution in [3.63, 3.8) is 0 Å². The minimum atomic E-state index is -1.19. The third kappa shape index (κ3) is 3.93. The molecule has 0 saturated carbocycles. The zero-order chi connectivity index (χ0) is 15.6. The van der Waals surface area contributed by atoms with Crippen molar-refractivity contribution in [2.24, 2.45) is 0 Å². The van der Waals surface area contributed by atoms with E-state index < -0.39 is 17.1 Å². The van der Waals surface area contributed by atoms with Crippen molar-refractivity contribution in [3.8, 4) is 0 Å². The number of thioether (sulfide) groups is 1. The summed E-state index contributed by atoms with van der Waals surface area (Å²) in [5.74, 6) is -1.90. The van der Waals surface area contributed by atoms with E-state index in [2.05, 4.69) is 10.6 Å². The standard InChI is InChI=1S/C12H9ClN2O4S2/c13-7-2-1-5(3-6(7)11(18)19)14-9(16)4-8-10(17)15-12(20)21-8/h1-3,8H,4H2,(H,14,16)(H,18,19)(H,15,17,20)/t8-/m1/s1. The number of hydrogen-bond acceptors (Lipinski definition) is 5. The minimum absolute atomic E-state index is 0.0539. The van der Waals surface area contributed by atoms with Gasteiger partial charge in [0, 0.05) is 12.1 Å². The van der Waals surface area contributed by atoms with Crippen LogP contribution in [0.1, 0.15) is 16.8 Å². The van der Waals surface area contributed by atoms with Crippen molar-refractivity contribution >= 4 is 63.4 Å². The van der Waals surface area contributed by atoms with Gasteiger partial charge in [-0.05, 0) is 18.2 Å². The predicted molar refractivity (Wildman–Crippen MR) is 83.8 cm³/mol. The van der Waals surface area contributed by atoms with Gasteiger partial charge in [0.05, 0.1) is 15.8 Å². The van der Waals surface area contributed by atoms with E-state index in [0.717, 1.165) is 11.8 Å². The quantitative estimate of drug-likeness (QED) is 0.722. The monoisotopic (exact) mass is 344 g/mol. The van der Waals surface area contributed by atoms with Gasteiger partial charge in [-0.15, -0.1) is 0 Å². The van der Waals surface area contributed by atoms with Crippen LogP contribution in [0, 0.1) is 0 Å². The molecular weight excluding hydrogens is 336 g/mol. The molecule has 0 radical (unpaired) electrons. The van der Waals surface area contributed by atoms with Crippen molar-refractivity contribution in [2.45, 2.75) is 11.7 Å². The Hall–Kier alpha value is -1.64. The maximum Gasteiger partial charge on any atom is 0.337 e. The van der Waals surface area contributed by atoms with Crippen molar-refractivity contribution in [3.05, 3.63) is 28.8 Å². The van der Waals surface area contributed by atoms with Crippen LogP contribution < -0.4 is 10.6 Å². The molecule has 1 aliphatic rings. The van der Waals surface area contributed by atoms with Gasteiger partial charge in [0.1, 0.15) is 4.32 Å². The van der Waals surface area contributed by atoms with Crippen LogP contribution in [-0.4, -0.2) is 32.5 Å². The maximum atomic E-state index is 11.9. The first-order chi connectivity index (χ1) is 9.86. The van der Waals surface area contributed by atoms with Gasteiger partial charge in [-0.3, -0.25) is 9.59 Å². The molecule has 110 valence electrons. The first-order valence-electron chi connectivity index (χ1n) is 5.71. The zero-order valence-electron chi connectivity index (χ0n) is 10.4. The largest absolute Gasteiger partial charge is 0.478 e. The normalized spacial score (nSPS) is 17.5. The first-order valence-corrected chi connectivity index (χ1v) is 7.37. The highest BCUT2D eigenvalue weighted by Gasteiger charge is 2.31. The van der Waals surface area contributed by atoms with E-state index in [0.29, 0.717) is 10.0 Å². The fraction of sp³-hybridized carbons (Fsp3) is 0.167. The number of thiocarbonyl (C=S) groups is 1. The van der Waals surface area contributed by atoms with Crippen LogP contribution >= 0.6 is 35.6 Å². The zero-order valence-corrected chi connectivity index (χ0v) is 12.8. The lowest BCUT2D eigenvalue weighted by Crippen LogP contribution is -2.27. The summed E-state index contributed by atoms with van der Waals surface area (Å²) < 4.78 is 0.345. The summed E-state index contributed by atoms with van der Waals surface area (Å²) in [6, 6.07) is 4.13. The highest BCUT2D eigenvalue weighted by atomic mass is 35.5. The molecule has 1 aliphatic heterocycles. The number of carbonyl (C=O) groups is 3. The molecule has 2 amide bonds. The summed E-state index contributed by atoms with van der Waals surface area (Å²) in [5.41, 5.74) is 0.191. The Kier molecular flexibility index (Phi) is 4.81. The van der Waals surface area contributed by atoms with Crippen LogP contribution in [0.2, 0.25) is 5.02 Å². The molecule has 1 saturated heterocycles. The lowest BCUT2D eigenvalue weighted by Gasteiger charge is -2.08. The highest BCUT2D eigenvalue weighted by molar-refractivity contribution is 8.24. The molecule has 3 N–H and O–H groups in total. The van der Waals surface area contributed by atoms with Crippen LogP contribution in [0.15, 0.2) is 18.2 Å². The van der Waals surface area contributed by atoms with Gasteiger partial charge >= 0.3 is 5.97 Å². The molecule has 0 aliphatic carbocycles. The number of halogens is 1. The molecule has 0 unspecified atom stereocenters. The second kappa shape index (κ2) is 6.42. The SMILES string of the molecule is O=C(C[C@H]1SC(=S)NC1=O)Nc1ccc(Cl)c(C(=O)O)c1. The van der Waals surface area contributed by atoms with Crippen molar-refractivity contribution in [1.29, 1.82) is 0 Å². The van der Waals surface area contributed by atoms with Gasteiger partial charge in [-0.25, -0.2) is 4.79 Å². The van der Waals surface area contributed by atoms with E-state index in [1.165, 1.54) is 18.2 Å². The van der Waals surface area contributed by atoms with Crippen LogP contribution in [0.5, 0.6) is 0 Å². The third-order valence-corrected chi connectivity index (χ3v) is 4.32. The predicted octanol–water partition coefficient (Wildman–Crippen LogP) is 1.88. The number of carboxylic acids is 1.